The van der Waals surface area contributed by atoms with E-state index in [0.717, 1.165) is 27.8 Å². The molecule has 2 aromatic heterocycles. The highest BCUT2D eigenvalue weighted by Crippen LogP contribution is 2.32. The van der Waals surface area contributed by atoms with Crippen LogP contribution in [0.3, 0.4) is 0 Å². The van der Waals surface area contributed by atoms with E-state index in [4.69, 9.17) is 8.83 Å². The van der Waals surface area contributed by atoms with Crippen LogP contribution in [0.4, 0.5) is 0 Å². The van der Waals surface area contributed by atoms with Gasteiger partial charge in [0.05, 0.1) is 18.1 Å². The van der Waals surface area contributed by atoms with Gasteiger partial charge in [-0.25, -0.2) is 8.42 Å². The number of rotatable bonds is 4. The summed E-state index contributed by atoms with van der Waals surface area (Å²) in [6.07, 6.45) is 0.422. The van der Waals surface area contributed by atoms with Crippen molar-refractivity contribution >= 4 is 26.7 Å². The van der Waals surface area contributed by atoms with E-state index in [1.807, 2.05) is 45.9 Å². The van der Waals surface area contributed by atoms with Gasteiger partial charge in [-0.1, -0.05) is 6.07 Å². The Balaban J connectivity index is 1.76. The van der Waals surface area contributed by atoms with Crippen LogP contribution in [0.15, 0.2) is 33.1 Å². The predicted molar refractivity (Wildman–Crippen MR) is 111 cm³/mol. The summed E-state index contributed by atoms with van der Waals surface area (Å²) in [6, 6.07) is 7.24. The Morgan fingerprint density at radius 3 is 2.52 bits per heavy atom. The summed E-state index contributed by atoms with van der Waals surface area (Å²) in [4.78, 5) is 15.1. The van der Waals surface area contributed by atoms with E-state index in [-0.39, 0.29) is 29.7 Å². The quantitative estimate of drug-likeness (QED) is 0.641. The minimum atomic E-state index is -3.15. The first-order valence-corrected chi connectivity index (χ1v) is 11.5. The second-order valence-corrected chi connectivity index (χ2v) is 10.2. The third-order valence-corrected chi connectivity index (χ3v) is 7.35. The second kappa shape index (κ2) is 7.06. The maximum absolute atomic E-state index is 13.5. The first-order chi connectivity index (χ1) is 13.6. The molecule has 0 radical (unpaired) electrons. The lowest BCUT2D eigenvalue weighted by atomic mass is 10.0. The van der Waals surface area contributed by atoms with Crippen LogP contribution < -0.4 is 0 Å². The summed E-state index contributed by atoms with van der Waals surface area (Å²) < 4.78 is 35.8. The fourth-order valence-corrected chi connectivity index (χ4v) is 5.98. The van der Waals surface area contributed by atoms with E-state index in [1.54, 1.807) is 4.90 Å². The molecule has 1 aliphatic rings. The molecule has 29 heavy (non-hydrogen) atoms. The Bertz CT molecular complexity index is 1200. The van der Waals surface area contributed by atoms with Crippen molar-refractivity contribution < 1.29 is 22.0 Å². The number of aryl methyl sites for hydroxylation is 4. The van der Waals surface area contributed by atoms with Crippen molar-refractivity contribution in [3.8, 4) is 0 Å². The molecule has 154 valence electrons. The number of hydrogen-bond acceptors (Lipinski definition) is 5. The second-order valence-electron chi connectivity index (χ2n) is 8.01. The molecule has 3 heterocycles. The lowest BCUT2D eigenvalue weighted by Gasteiger charge is -2.26. The average Bonchev–Trinajstić information content (AvgIpc) is 3.29. The Morgan fingerprint density at radius 2 is 1.90 bits per heavy atom. The largest absolute Gasteiger partial charge is 0.464 e. The van der Waals surface area contributed by atoms with E-state index < -0.39 is 15.9 Å². The van der Waals surface area contributed by atoms with Crippen LogP contribution in [-0.2, 0) is 16.4 Å². The summed E-state index contributed by atoms with van der Waals surface area (Å²) >= 11 is 0. The summed E-state index contributed by atoms with van der Waals surface area (Å²) in [6.45, 7) is 7.91. The fraction of sp³-hybridized carbons (Fsp3) is 0.409. The number of sulfone groups is 1. The van der Waals surface area contributed by atoms with Gasteiger partial charge in [-0.15, -0.1) is 0 Å². The van der Waals surface area contributed by atoms with Gasteiger partial charge in [0.15, 0.2) is 15.6 Å². The van der Waals surface area contributed by atoms with Crippen molar-refractivity contribution in [3.05, 3.63) is 58.2 Å². The van der Waals surface area contributed by atoms with Crippen molar-refractivity contribution in [1.82, 2.24) is 4.90 Å². The molecule has 3 aromatic rings. The molecular formula is C22H25NO5S. The summed E-state index contributed by atoms with van der Waals surface area (Å²) in [5.41, 5.74) is 3.57. The first kappa shape index (κ1) is 19.8. The summed E-state index contributed by atoms with van der Waals surface area (Å²) in [5, 5.41) is 0.937. The molecule has 6 nitrogen and oxygen atoms in total. The van der Waals surface area contributed by atoms with E-state index in [9.17, 15) is 13.2 Å². The lowest BCUT2D eigenvalue weighted by molar-refractivity contribution is 0.0634. The average molecular weight is 416 g/mol. The molecule has 1 fully saturated rings. The van der Waals surface area contributed by atoms with Gasteiger partial charge >= 0.3 is 0 Å². The standard InChI is InChI=1S/C22H25NO5S/c1-13-9-14(2)20-16(4)21(28-19(20)10-13)22(24)23(11-18-6-5-15(3)27-18)17-7-8-29(25,26)12-17/h5-6,9-10,17H,7-8,11-12H2,1-4H3/t17-/m0/s1. The number of furan rings is 2. The molecule has 7 heteroatoms. The zero-order valence-electron chi connectivity index (χ0n) is 17.1. The molecule has 0 unspecified atom stereocenters. The zero-order valence-corrected chi connectivity index (χ0v) is 17.9. The van der Waals surface area contributed by atoms with Gasteiger partial charge in [0.1, 0.15) is 17.1 Å². The van der Waals surface area contributed by atoms with Gasteiger partial charge in [0.2, 0.25) is 0 Å². The Morgan fingerprint density at radius 1 is 1.14 bits per heavy atom. The molecule has 1 aromatic carbocycles. The van der Waals surface area contributed by atoms with Crippen LogP contribution in [0.5, 0.6) is 0 Å². The predicted octanol–water partition coefficient (Wildman–Crippen LogP) is 4.09. The lowest BCUT2D eigenvalue weighted by Crippen LogP contribution is -2.40. The van der Waals surface area contributed by atoms with Crippen LogP contribution in [-0.4, -0.2) is 36.8 Å². The normalized spacial score (nSPS) is 18.4. The molecule has 1 amide bonds. The molecule has 1 aliphatic heterocycles. The Labute approximate surface area is 170 Å². The van der Waals surface area contributed by atoms with Crippen LogP contribution in [0.25, 0.3) is 11.0 Å². The van der Waals surface area contributed by atoms with Crippen LogP contribution in [0.1, 0.15) is 45.2 Å². The number of carbonyl (C=O) groups is 1. The van der Waals surface area contributed by atoms with Crippen molar-refractivity contribution in [2.45, 2.75) is 46.7 Å². The minimum absolute atomic E-state index is 0.0319. The van der Waals surface area contributed by atoms with Gasteiger partial charge in [0.25, 0.3) is 5.91 Å². The topological polar surface area (TPSA) is 80.7 Å². The van der Waals surface area contributed by atoms with Gasteiger partial charge in [-0.05, 0) is 63.4 Å². The van der Waals surface area contributed by atoms with E-state index in [2.05, 4.69) is 6.07 Å². The smallest absolute Gasteiger partial charge is 0.290 e. The van der Waals surface area contributed by atoms with Gasteiger partial charge in [-0.3, -0.25) is 4.79 Å². The number of fused-ring (bicyclic) bond motifs is 1. The maximum atomic E-state index is 13.5. The molecule has 4 rings (SSSR count). The first-order valence-electron chi connectivity index (χ1n) is 9.71. The number of carbonyl (C=O) groups excluding carboxylic acids is 1. The number of hydrogen-bond donors (Lipinski definition) is 0. The van der Waals surface area contributed by atoms with Crippen LogP contribution in [0.2, 0.25) is 0 Å². The Hall–Kier alpha value is -2.54. The van der Waals surface area contributed by atoms with E-state index in [0.29, 0.717) is 17.8 Å². The van der Waals surface area contributed by atoms with Gasteiger partial charge in [0, 0.05) is 17.0 Å². The highest BCUT2D eigenvalue weighted by molar-refractivity contribution is 7.91. The molecular weight excluding hydrogens is 390 g/mol. The molecule has 0 bridgehead atoms. The minimum Gasteiger partial charge on any atom is -0.464 e. The molecule has 0 saturated carbocycles. The van der Waals surface area contributed by atoms with Gasteiger partial charge < -0.3 is 13.7 Å². The highest BCUT2D eigenvalue weighted by atomic mass is 32.2. The van der Waals surface area contributed by atoms with Crippen LogP contribution >= 0.6 is 0 Å². The molecule has 0 spiro atoms. The third kappa shape index (κ3) is 3.71. The van der Waals surface area contributed by atoms with Crippen molar-refractivity contribution in [2.75, 3.05) is 11.5 Å². The van der Waals surface area contributed by atoms with Crippen molar-refractivity contribution in [1.29, 1.82) is 0 Å². The highest BCUT2D eigenvalue weighted by Gasteiger charge is 2.37. The van der Waals surface area contributed by atoms with Crippen LogP contribution in [0, 0.1) is 27.7 Å². The third-order valence-electron chi connectivity index (χ3n) is 5.60. The fourth-order valence-electron chi connectivity index (χ4n) is 4.25. The zero-order chi connectivity index (χ0) is 20.9. The number of amides is 1. The van der Waals surface area contributed by atoms with Crippen molar-refractivity contribution in [2.24, 2.45) is 0 Å². The molecule has 1 atom stereocenters. The summed E-state index contributed by atoms with van der Waals surface area (Å²) in [5.74, 6) is 1.40. The number of nitrogens with zero attached hydrogens (tertiary/aromatic N) is 1. The Kier molecular flexibility index (Phi) is 4.81. The van der Waals surface area contributed by atoms with Crippen molar-refractivity contribution in [3.63, 3.8) is 0 Å². The maximum Gasteiger partial charge on any atom is 0.290 e. The summed E-state index contributed by atoms with van der Waals surface area (Å²) in [7, 11) is -3.15. The van der Waals surface area contributed by atoms with E-state index >= 15 is 0 Å². The SMILES string of the molecule is Cc1cc(C)c2c(C)c(C(=O)N(Cc3ccc(C)o3)[C@H]3CCS(=O)(=O)C3)oc2c1. The van der Waals surface area contributed by atoms with Gasteiger partial charge in [-0.2, -0.15) is 0 Å². The number of benzene rings is 1. The monoisotopic (exact) mass is 415 g/mol. The van der Waals surface area contributed by atoms with E-state index in [1.165, 1.54) is 0 Å². The molecule has 1 saturated heterocycles. The molecule has 0 aliphatic carbocycles. The molecule has 0 N–H and O–H groups in total.